The van der Waals surface area contributed by atoms with Crippen LogP contribution in [0.25, 0.3) is 0 Å². The van der Waals surface area contributed by atoms with Crippen molar-refractivity contribution in [3.05, 3.63) is 64.7 Å². The van der Waals surface area contributed by atoms with Crippen LogP contribution >= 0.6 is 11.6 Å². The van der Waals surface area contributed by atoms with Gasteiger partial charge in [-0.2, -0.15) is 4.98 Å². The summed E-state index contributed by atoms with van der Waals surface area (Å²) in [6.07, 6.45) is 0.206. The molecule has 2 amide bonds. The Balaban J connectivity index is 1.63. The SMILES string of the molecule is COc1ccccc1C(=O)Nc1nc2n(n1)[C@@H](c1ccc(Cl)cc1)CC(=O)N2. The number of nitrogens with one attached hydrogen (secondary N) is 2. The second-order valence-electron chi connectivity index (χ2n) is 6.18. The predicted octanol–water partition coefficient (Wildman–Crippen LogP) is 3.12. The number of benzene rings is 2. The standard InChI is InChI=1S/C19H16ClN5O3/c1-28-15-5-3-2-4-13(15)17(27)22-18-23-19-21-16(26)10-14(25(19)24-18)11-6-8-12(20)9-7-11/h2-9,14H,10H2,1H3,(H2,21,22,23,24,26,27)/t14-/m1/s1. The zero-order valence-electron chi connectivity index (χ0n) is 14.8. The summed E-state index contributed by atoms with van der Waals surface area (Å²) in [5.74, 6) is 0.215. The first-order chi connectivity index (χ1) is 13.5. The van der Waals surface area contributed by atoms with E-state index in [1.807, 2.05) is 12.1 Å². The van der Waals surface area contributed by atoms with Gasteiger partial charge in [-0.15, -0.1) is 5.10 Å². The quantitative estimate of drug-likeness (QED) is 0.704. The number of para-hydroxylation sites is 1. The highest BCUT2D eigenvalue weighted by molar-refractivity contribution is 6.30. The fraction of sp³-hybridized carbons (Fsp3) is 0.158. The monoisotopic (exact) mass is 397 g/mol. The van der Waals surface area contributed by atoms with Crippen LogP contribution in [0.3, 0.4) is 0 Å². The number of carbonyl (C=O) groups is 2. The van der Waals surface area contributed by atoms with Gasteiger partial charge >= 0.3 is 0 Å². The second-order valence-corrected chi connectivity index (χ2v) is 6.61. The van der Waals surface area contributed by atoms with Crippen molar-refractivity contribution in [1.29, 1.82) is 0 Å². The average molecular weight is 398 g/mol. The number of fused-ring (bicyclic) bond motifs is 1. The van der Waals surface area contributed by atoms with E-state index < -0.39 is 5.91 Å². The number of anilines is 2. The van der Waals surface area contributed by atoms with E-state index in [9.17, 15) is 9.59 Å². The van der Waals surface area contributed by atoms with Gasteiger partial charge in [-0.05, 0) is 29.8 Å². The molecule has 1 aliphatic heterocycles. The number of nitrogens with zero attached hydrogens (tertiary/aromatic N) is 3. The molecule has 2 heterocycles. The van der Waals surface area contributed by atoms with Crippen LogP contribution in [0, 0.1) is 0 Å². The Morgan fingerprint density at radius 2 is 2.00 bits per heavy atom. The Labute approximate surface area is 165 Å². The number of aromatic nitrogens is 3. The lowest BCUT2D eigenvalue weighted by atomic mass is 10.0. The van der Waals surface area contributed by atoms with Crippen molar-refractivity contribution in [2.45, 2.75) is 12.5 Å². The molecule has 0 saturated carbocycles. The summed E-state index contributed by atoms with van der Waals surface area (Å²) in [5, 5.41) is 10.3. The van der Waals surface area contributed by atoms with Gasteiger partial charge in [0, 0.05) is 5.02 Å². The smallest absolute Gasteiger partial charge is 0.261 e. The van der Waals surface area contributed by atoms with Crippen molar-refractivity contribution in [2.75, 3.05) is 17.7 Å². The number of methoxy groups -OCH3 is 1. The number of hydrogen-bond donors (Lipinski definition) is 2. The maximum atomic E-state index is 12.6. The highest BCUT2D eigenvalue weighted by Gasteiger charge is 2.29. The number of carbonyl (C=O) groups excluding carboxylic acids is 2. The summed E-state index contributed by atoms with van der Waals surface area (Å²) in [5.41, 5.74) is 1.23. The van der Waals surface area contributed by atoms with E-state index in [0.29, 0.717) is 16.3 Å². The third-order valence-electron chi connectivity index (χ3n) is 4.39. The fourth-order valence-corrected chi connectivity index (χ4v) is 3.19. The second kappa shape index (κ2) is 7.32. The van der Waals surface area contributed by atoms with E-state index in [2.05, 4.69) is 20.7 Å². The van der Waals surface area contributed by atoms with Crippen LogP contribution in [-0.2, 0) is 4.79 Å². The van der Waals surface area contributed by atoms with Gasteiger partial charge in [-0.1, -0.05) is 35.9 Å². The van der Waals surface area contributed by atoms with E-state index in [0.717, 1.165) is 5.56 Å². The molecule has 2 N–H and O–H groups in total. The van der Waals surface area contributed by atoms with Crippen LogP contribution in [0.5, 0.6) is 5.75 Å². The van der Waals surface area contributed by atoms with Crippen LogP contribution in [0.1, 0.15) is 28.4 Å². The van der Waals surface area contributed by atoms with Crippen LogP contribution in [0.4, 0.5) is 11.9 Å². The lowest BCUT2D eigenvalue weighted by molar-refractivity contribution is -0.117. The topological polar surface area (TPSA) is 98.1 Å². The summed E-state index contributed by atoms with van der Waals surface area (Å²) < 4.78 is 6.80. The molecule has 1 aromatic heterocycles. The summed E-state index contributed by atoms with van der Waals surface area (Å²) in [6.45, 7) is 0. The van der Waals surface area contributed by atoms with Crippen molar-refractivity contribution < 1.29 is 14.3 Å². The first kappa shape index (κ1) is 18.0. The largest absolute Gasteiger partial charge is 0.496 e. The lowest BCUT2D eigenvalue weighted by Crippen LogP contribution is -2.29. The van der Waals surface area contributed by atoms with E-state index in [1.54, 1.807) is 41.1 Å². The van der Waals surface area contributed by atoms with E-state index >= 15 is 0 Å². The van der Waals surface area contributed by atoms with Crippen molar-refractivity contribution in [1.82, 2.24) is 14.8 Å². The molecule has 9 heteroatoms. The van der Waals surface area contributed by atoms with Crippen molar-refractivity contribution in [3.8, 4) is 5.75 Å². The first-order valence-corrected chi connectivity index (χ1v) is 8.89. The lowest BCUT2D eigenvalue weighted by Gasteiger charge is -2.23. The third kappa shape index (κ3) is 3.41. The summed E-state index contributed by atoms with van der Waals surface area (Å²) in [7, 11) is 1.49. The van der Waals surface area contributed by atoms with Crippen LogP contribution in [0.2, 0.25) is 5.02 Å². The summed E-state index contributed by atoms with van der Waals surface area (Å²) >= 11 is 5.95. The molecule has 0 unspecified atom stereocenters. The molecule has 1 atom stereocenters. The summed E-state index contributed by atoms with van der Waals surface area (Å²) in [4.78, 5) is 28.9. The predicted molar refractivity (Wildman–Crippen MR) is 104 cm³/mol. The van der Waals surface area contributed by atoms with Gasteiger partial charge in [-0.3, -0.25) is 20.2 Å². The molecule has 0 saturated heterocycles. The molecule has 4 rings (SSSR count). The van der Waals surface area contributed by atoms with Gasteiger partial charge in [0.05, 0.1) is 25.1 Å². The van der Waals surface area contributed by atoms with Crippen molar-refractivity contribution in [2.24, 2.45) is 0 Å². The van der Waals surface area contributed by atoms with Gasteiger partial charge in [0.1, 0.15) is 5.75 Å². The molecule has 0 spiro atoms. The van der Waals surface area contributed by atoms with Crippen LogP contribution < -0.4 is 15.4 Å². The van der Waals surface area contributed by atoms with E-state index in [-0.39, 0.29) is 30.3 Å². The number of amides is 2. The Morgan fingerprint density at radius 1 is 1.25 bits per heavy atom. The third-order valence-corrected chi connectivity index (χ3v) is 4.64. The number of hydrogen-bond acceptors (Lipinski definition) is 5. The number of rotatable bonds is 4. The van der Waals surface area contributed by atoms with Gasteiger partial charge in [0.15, 0.2) is 0 Å². The normalized spacial score (nSPS) is 15.5. The Hall–Kier alpha value is -3.39. The van der Waals surface area contributed by atoms with Gasteiger partial charge < -0.3 is 4.74 Å². The summed E-state index contributed by atoms with van der Waals surface area (Å²) in [6, 6.07) is 13.7. The van der Waals surface area contributed by atoms with Gasteiger partial charge in [0.2, 0.25) is 11.9 Å². The molecule has 28 heavy (non-hydrogen) atoms. The average Bonchev–Trinajstić information content (AvgIpc) is 3.09. The van der Waals surface area contributed by atoms with Crippen molar-refractivity contribution >= 4 is 35.3 Å². The van der Waals surface area contributed by atoms with Crippen LogP contribution in [0.15, 0.2) is 48.5 Å². The van der Waals surface area contributed by atoms with Crippen molar-refractivity contribution in [3.63, 3.8) is 0 Å². The van der Waals surface area contributed by atoms with Gasteiger partial charge in [0.25, 0.3) is 11.9 Å². The molecule has 3 aromatic rings. The molecule has 8 nitrogen and oxygen atoms in total. The Bertz CT molecular complexity index is 1050. The molecular formula is C19H16ClN5O3. The molecule has 0 fully saturated rings. The number of ether oxygens (including phenoxy) is 1. The first-order valence-electron chi connectivity index (χ1n) is 8.51. The molecular weight excluding hydrogens is 382 g/mol. The highest BCUT2D eigenvalue weighted by atomic mass is 35.5. The molecule has 2 aromatic carbocycles. The maximum Gasteiger partial charge on any atom is 0.261 e. The van der Waals surface area contributed by atoms with Crippen LogP contribution in [-0.4, -0.2) is 33.7 Å². The Kier molecular flexibility index (Phi) is 4.70. The zero-order chi connectivity index (χ0) is 19.7. The molecule has 1 aliphatic rings. The fourth-order valence-electron chi connectivity index (χ4n) is 3.06. The minimum absolute atomic E-state index is 0.0899. The van der Waals surface area contributed by atoms with E-state index in [4.69, 9.17) is 16.3 Å². The molecule has 142 valence electrons. The van der Waals surface area contributed by atoms with Gasteiger partial charge in [-0.25, -0.2) is 4.68 Å². The minimum Gasteiger partial charge on any atom is -0.496 e. The highest BCUT2D eigenvalue weighted by Crippen LogP contribution is 2.30. The molecule has 0 bridgehead atoms. The molecule has 0 radical (unpaired) electrons. The maximum absolute atomic E-state index is 12.6. The number of halogens is 1. The zero-order valence-corrected chi connectivity index (χ0v) is 15.6. The minimum atomic E-state index is -0.408. The molecule has 0 aliphatic carbocycles. The Morgan fingerprint density at radius 3 is 2.75 bits per heavy atom. The van der Waals surface area contributed by atoms with E-state index in [1.165, 1.54) is 7.11 Å².